The van der Waals surface area contributed by atoms with E-state index in [2.05, 4.69) is 4.98 Å². The van der Waals surface area contributed by atoms with Gasteiger partial charge in [0.05, 0.1) is 0 Å². The first-order valence-corrected chi connectivity index (χ1v) is 7.92. The van der Waals surface area contributed by atoms with Crippen LogP contribution in [0.1, 0.15) is 24.6 Å². The van der Waals surface area contributed by atoms with E-state index in [4.69, 9.17) is 5.73 Å². The maximum atomic E-state index is 13.4. The number of aromatic nitrogens is 1. The third-order valence-electron chi connectivity index (χ3n) is 2.82. The van der Waals surface area contributed by atoms with Crippen molar-refractivity contribution in [2.45, 2.75) is 42.0 Å². The zero-order chi connectivity index (χ0) is 13.8. The van der Waals surface area contributed by atoms with Crippen molar-refractivity contribution in [1.29, 1.82) is 0 Å². The predicted octanol–water partition coefficient (Wildman–Crippen LogP) is 4.02. The molecule has 2 N–H and O–H groups in total. The van der Waals surface area contributed by atoms with E-state index in [0.717, 1.165) is 26.9 Å². The molecule has 0 fully saturated rings. The van der Waals surface area contributed by atoms with Crippen molar-refractivity contribution in [2.75, 3.05) is 0 Å². The van der Waals surface area contributed by atoms with Crippen molar-refractivity contribution in [3.63, 3.8) is 0 Å². The first-order chi connectivity index (χ1) is 9.08. The molecule has 0 radical (unpaired) electrons. The second-order valence-corrected chi connectivity index (χ2v) is 6.63. The molecule has 0 aliphatic carbocycles. The Morgan fingerprint density at radius 2 is 2.26 bits per heavy atom. The predicted molar refractivity (Wildman–Crippen MR) is 79.3 cm³/mol. The lowest BCUT2D eigenvalue weighted by Crippen LogP contribution is -2.21. The molecular weight excluding hydrogens is 279 g/mol. The van der Waals surface area contributed by atoms with E-state index in [1.807, 2.05) is 25.3 Å². The van der Waals surface area contributed by atoms with E-state index >= 15 is 0 Å². The highest BCUT2D eigenvalue weighted by Gasteiger charge is 2.11. The van der Waals surface area contributed by atoms with Gasteiger partial charge in [-0.15, -0.1) is 11.3 Å². The largest absolute Gasteiger partial charge is 0.327 e. The molecule has 0 saturated heterocycles. The summed E-state index contributed by atoms with van der Waals surface area (Å²) in [6.45, 7) is 4.01. The number of rotatable bonds is 5. The second-order valence-electron chi connectivity index (χ2n) is 4.48. The highest BCUT2D eigenvalue weighted by Crippen LogP contribution is 2.33. The fourth-order valence-electron chi connectivity index (χ4n) is 1.71. The van der Waals surface area contributed by atoms with Gasteiger partial charge in [-0.05, 0) is 43.5 Å². The summed E-state index contributed by atoms with van der Waals surface area (Å²) in [6, 6.07) is 4.95. The zero-order valence-electron chi connectivity index (χ0n) is 11.0. The quantitative estimate of drug-likeness (QED) is 0.905. The Morgan fingerprint density at radius 1 is 1.47 bits per heavy atom. The van der Waals surface area contributed by atoms with Gasteiger partial charge in [0.15, 0.2) is 4.34 Å². The lowest BCUT2D eigenvalue weighted by Gasteiger charge is -2.12. The molecule has 1 aromatic carbocycles. The number of halogens is 1. The van der Waals surface area contributed by atoms with Gasteiger partial charge in [-0.2, -0.15) is 0 Å². The van der Waals surface area contributed by atoms with Crippen LogP contribution in [0.5, 0.6) is 0 Å². The van der Waals surface area contributed by atoms with Crippen LogP contribution in [-0.2, 0) is 6.42 Å². The van der Waals surface area contributed by atoms with Gasteiger partial charge in [0.25, 0.3) is 0 Å². The van der Waals surface area contributed by atoms with Crippen LogP contribution in [0.2, 0.25) is 0 Å². The standard InChI is InChI=1S/C14H17FN2S2/c1-3-12(16)7-10-6-11(15)4-5-13(10)19-14-17-9(2)8-18-14/h4-6,8,12H,3,7,16H2,1-2H3. The lowest BCUT2D eigenvalue weighted by atomic mass is 10.0. The maximum absolute atomic E-state index is 13.4. The van der Waals surface area contributed by atoms with Gasteiger partial charge >= 0.3 is 0 Å². The molecule has 2 nitrogen and oxygen atoms in total. The van der Waals surface area contributed by atoms with Crippen LogP contribution >= 0.6 is 23.1 Å². The first kappa shape index (κ1) is 14.5. The minimum absolute atomic E-state index is 0.0687. The molecule has 0 aliphatic heterocycles. The molecule has 0 saturated carbocycles. The van der Waals surface area contributed by atoms with Crippen molar-refractivity contribution < 1.29 is 4.39 Å². The lowest BCUT2D eigenvalue weighted by molar-refractivity contribution is 0.609. The van der Waals surface area contributed by atoms with Crippen LogP contribution in [0.15, 0.2) is 32.8 Å². The fraction of sp³-hybridized carbons (Fsp3) is 0.357. The third kappa shape index (κ3) is 4.03. The van der Waals surface area contributed by atoms with Crippen LogP contribution < -0.4 is 5.73 Å². The van der Waals surface area contributed by atoms with Gasteiger partial charge in [0.2, 0.25) is 0 Å². The molecule has 0 aliphatic rings. The third-order valence-corrected chi connectivity index (χ3v) is 5.00. The van der Waals surface area contributed by atoms with Crippen molar-refractivity contribution in [3.8, 4) is 0 Å². The molecule has 2 rings (SSSR count). The van der Waals surface area contributed by atoms with E-state index in [1.54, 1.807) is 29.2 Å². The summed E-state index contributed by atoms with van der Waals surface area (Å²) in [5, 5.41) is 2.02. The topological polar surface area (TPSA) is 38.9 Å². The van der Waals surface area contributed by atoms with Crippen LogP contribution in [0.25, 0.3) is 0 Å². The van der Waals surface area contributed by atoms with Gasteiger partial charge < -0.3 is 5.73 Å². The molecule has 102 valence electrons. The Balaban J connectivity index is 2.23. The monoisotopic (exact) mass is 296 g/mol. The van der Waals surface area contributed by atoms with Crippen molar-refractivity contribution >= 4 is 23.1 Å². The number of aryl methyl sites for hydroxylation is 1. The van der Waals surface area contributed by atoms with E-state index < -0.39 is 0 Å². The number of hydrogen-bond acceptors (Lipinski definition) is 4. The Labute approximate surface area is 121 Å². The van der Waals surface area contributed by atoms with Crippen molar-refractivity contribution in [3.05, 3.63) is 40.7 Å². The normalized spacial score (nSPS) is 12.6. The average Bonchev–Trinajstić information content (AvgIpc) is 2.78. The van der Waals surface area contributed by atoms with Crippen molar-refractivity contribution in [1.82, 2.24) is 4.98 Å². The number of benzene rings is 1. The van der Waals surface area contributed by atoms with Crippen LogP contribution in [0.4, 0.5) is 4.39 Å². The molecule has 5 heteroatoms. The summed E-state index contributed by atoms with van der Waals surface area (Å²) >= 11 is 3.19. The molecular formula is C14H17FN2S2. The smallest absolute Gasteiger partial charge is 0.154 e. The molecule has 1 heterocycles. The Morgan fingerprint density at radius 3 is 2.89 bits per heavy atom. The van der Waals surface area contributed by atoms with E-state index in [9.17, 15) is 4.39 Å². The fourth-order valence-corrected chi connectivity index (χ4v) is 3.62. The Hall–Kier alpha value is -0.910. The summed E-state index contributed by atoms with van der Waals surface area (Å²) in [7, 11) is 0. The highest BCUT2D eigenvalue weighted by molar-refractivity contribution is 8.01. The molecule has 1 atom stereocenters. The Bertz CT molecular complexity index is 554. The van der Waals surface area contributed by atoms with E-state index in [-0.39, 0.29) is 11.9 Å². The van der Waals surface area contributed by atoms with Gasteiger partial charge in [0.1, 0.15) is 5.82 Å². The van der Waals surface area contributed by atoms with E-state index in [0.29, 0.717) is 6.42 Å². The van der Waals surface area contributed by atoms with E-state index in [1.165, 1.54) is 6.07 Å². The van der Waals surface area contributed by atoms with Crippen LogP contribution in [0, 0.1) is 12.7 Å². The maximum Gasteiger partial charge on any atom is 0.154 e. The molecule has 1 unspecified atom stereocenters. The minimum Gasteiger partial charge on any atom is -0.327 e. The minimum atomic E-state index is -0.210. The van der Waals surface area contributed by atoms with Crippen molar-refractivity contribution in [2.24, 2.45) is 5.73 Å². The number of hydrogen-bond donors (Lipinski definition) is 1. The van der Waals surface area contributed by atoms with Crippen LogP contribution in [-0.4, -0.2) is 11.0 Å². The summed E-state index contributed by atoms with van der Waals surface area (Å²) in [5.41, 5.74) is 7.96. The highest BCUT2D eigenvalue weighted by atomic mass is 32.2. The molecule has 19 heavy (non-hydrogen) atoms. The summed E-state index contributed by atoms with van der Waals surface area (Å²) in [5.74, 6) is -0.210. The average molecular weight is 296 g/mol. The second kappa shape index (κ2) is 6.50. The number of nitrogens with two attached hydrogens (primary N) is 1. The summed E-state index contributed by atoms with van der Waals surface area (Å²) < 4.78 is 14.4. The first-order valence-electron chi connectivity index (χ1n) is 6.22. The Kier molecular flexibility index (Phi) is 4.96. The molecule has 0 spiro atoms. The number of nitrogens with zero attached hydrogens (tertiary/aromatic N) is 1. The molecule has 0 amide bonds. The van der Waals surface area contributed by atoms with Gasteiger partial charge in [-0.1, -0.05) is 18.7 Å². The van der Waals surface area contributed by atoms with Gasteiger partial charge in [-0.3, -0.25) is 0 Å². The SMILES string of the molecule is CCC(N)Cc1cc(F)ccc1Sc1nc(C)cs1. The summed E-state index contributed by atoms with van der Waals surface area (Å²) in [6.07, 6.45) is 1.58. The van der Waals surface area contributed by atoms with Gasteiger partial charge in [0, 0.05) is 22.0 Å². The summed E-state index contributed by atoms with van der Waals surface area (Å²) in [4.78, 5) is 5.47. The van der Waals surface area contributed by atoms with Gasteiger partial charge in [-0.25, -0.2) is 9.37 Å². The molecule has 2 aromatic rings. The molecule has 0 bridgehead atoms. The van der Waals surface area contributed by atoms with Crippen LogP contribution in [0.3, 0.4) is 0 Å². The number of thiazole rings is 1. The molecule has 1 aromatic heterocycles. The zero-order valence-corrected chi connectivity index (χ0v) is 12.7.